The normalized spacial score (nSPS) is 11.8. The zero-order valence-corrected chi connectivity index (χ0v) is 81.6. The Kier molecular flexibility index (Phi) is 38.5. The summed E-state index contributed by atoms with van der Waals surface area (Å²) in [5, 5.41) is 0.609. The monoisotopic (exact) mass is 1850 g/mol. The lowest BCUT2D eigenvalue weighted by molar-refractivity contribution is -0.139. The molecule has 0 bridgehead atoms. The van der Waals surface area contributed by atoms with Gasteiger partial charge in [0.2, 0.25) is 30.5 Å². The average Bonchev–Trinajstić information content (AvgIpc) is 1.51. The Morgan fingerprint density at radius 1 is 0.250 bits per heavy atom. The summed E-state index contributed by atoms with van der Waals surface area (Å²) in [6.45, 7) is 36.4. The van der Waals surface area contributed by atoms with Crippen molar-refractivity contribution in [3.05, 3.63) is 414 Å². The quantitative estimate of drug-likeness (QED) is 0.0368. The molecule has 5 atom stereocenters. The topological polar surface area (TPSA) is 185 Å². The van der Waals surface area contributed by atoms with E-state index in [9.17, 15) is 24.0 Å². The minimum absolute atomic E-state index is 0.0221. The summed E-state index contributed by atoms with van der Waals surface area (Å²) in [5.74, 6) is 3.70. The van der Waals surface area contributed by atoms with Gasteiger partial charge in [0.1, 0.15) is 23.0 Å². The molecule has 0 aliphatic rings. The van der Waals surface area contributed by atoms with Crippen LogP contribution in [0.1, 0.15) is 155 Å². The van der Waals surface area contributed by atoms with Gasteiger partial charge in [-0.05, 0) is 231 Å². The van der Waals surface area contributed by atoms with Gasteiger partial charge in [-0.3, -0.25) is 24.0 Å². The molecule has 9 aromatic carbocycles. The molecule has 5 amide bonds. The molecule has 0 aliphatic heterocycles. The first kappa shape index (κ1) is 102. The number of benzene rings is 9. The number of hydrogen-bond donors (Lipinski definition) is 0. The molecule has 22 heteroatoms. The number of halogens is 1. The molecule has 5 unspecified atom stereocenters. The van der Waals surface area contributed by atoms with E-state index >= 15 is 0 Å². The Hall–Kier alpha value is -14.8. The molecular weight excluding hydrogens is 1720 g/mol. The van der Waals surface area contributed by atoms with Gasteiger partial charge in [0.05, 0.1) is 22.7 Å². The predicted octanol–water partition coefficient (Wildman–Crippen LogP) is 23.9. The smallest absolute Gasteiger partial charge is 0.268 e. The molecule has 0 fully saturated rings. The van der Waals surface area contributed by atoms with Crippen LogP contribution in [0, 0.1) is 34.6 Å². The summed E-state index contributed by atoms with van der Waals surface area (Å²) in [4.78, 5) is 79.4. The fraction of sp³-hybridized carbons (Fsp3) is 0.263. The first-order chi connectivity index (χ1) is 66.1. The Labute approximate surface area is 807 Å². The number of para-hydroxylation sites is 6. The summed E-state index contributed by atoms with van der Waals surface area (Å²) >= 11 is 6.22. The zero-order chi connectivity index (χ0) is 97.0. The lowest BCUT2D eigenvalue weighted by Gasteiger charge is -2.27. The fourth-order valence-electron chi connectivity index (χ4n) is 15.4. The number of carbonyl (C=O) groups is 5. The molecule has 0 saturated carbocycles. The van der Waals surface area contributed by atoms with Crippen molar-refractivity contribution in [1.82, 2.24) is 52.3 Å². The second-order valence-corrected chi connectivity index (χ2v) is 32.8. The molecule has 706 valence electrons. The third kappa shape index (κ3) is 27.2. The third-order valence-electron chi connectivity index (χ3n) is 23.3. The van der Waals surface area contributed by atoms with Gasteiger partial charge in [0, 0.05) is 166 Å². The molecule has 0 saturated heterocycles. The van der Waals surface area contributed by atoms with E-state index in [1.54, 1.807) is 22.1 Å². The van der Waals surface area contributed by atoms with E-state index in [-0.39, 0.29) is 29.5 Å². The van der Waals surface area contributed by atoms with Crippen LogP contribution < -0.4 is 23.7 Å². The number of ether oxygens (including phenoxy) is 5. The van der Waals surface area contributed by atoms with Gasteiger partial charge in [-0.15, -0.1) is 0 Å². The first-order valence-corrected chi connectivity index (χ1v) is 47.2. The third-order valence-corrected chi connectivity index (χ3v) is 23.5. The molecule has 136 heavy (non-hydrogen) atoms. The maximum absolute atomic E-state index is 13.2. The number of hydrogen-bond acceptors (Lipinski definition) is 11. The molecule has 6 heterocycles. The fourth-order valence-corrected chi connectivity index (χ4v) is 15.5. The van der Waals surface area contributed by atoms with E-state index < -0.39 is 30.5 Å². The molecule has 0 aliphatic carbocycles. The molecule has 6 aromatic heterocycles. The molecule has 21 nitrogen and oxygen atoms in total. The van der Waals surface area contributed by atoms with Crippen LogP contribution in [0.2, 0.25) is 5.02 Å². The SMILES string of the molecule is CCN(CC)C(=O)C(Oc1ccc(Cl)cc1-n1cccc1)c1ccc(C)cc1.CCN(CC)C(=O)C(Oc1ccccc1-n1cccc1)c1ccc(C)cc1.CCN(CC)C(=O)C(Oc1ccccc1-n1cccc1)c1ccc(C)cc1.CCN(CC)C(=O)C(Oc1ccccc1-n1cccc1)c1ccc(C)cc1.CCN(CC)C(=O)C(Oc1cccnc1-n1cccc1)c1ccc(C)cc1. The number of carbonyl (C=O) groups excluding carboxylic acids is 5. The van der Waals surface area contributed by atoms with Crippen LogP contribution >= 0.6 is 11.6 Å². The van der Waals surface area contributed by atoms with Crippen LogP contribution in [0.15, 0.2) is 353 Å². The maximum atomic E-state index is 13.2. The molecular formula is C114H128ClN11O10. The molecule has 0 radical (unpaired) electrons. The van der Waals surface area contributed by atoms with Crippen molar-refractivity contribution in [1.29, 1.82) is 0 Å². The van der Waals surface area contributed by atoms with Gasteiger partial charge in [-0.1, -0.05) is 197 Å². The highest BCUT2D eigenvalue weighted by Gasteiger charge is 2.34. The van der Waals surface area contributed by atoms with Crippen LogP contribution in [0.3, 0.4) is 0 Å². The minimum Gasteiger partial charge on any atom is -0.474 e. The van der Waals surface area contributed by atoms with Gasteiger partial charge < -0.3 is 71.0 Å². The first-order valence-electron chi connectivity index (χ1n) is 46.9. The number of nitrogens with zero attached hydrogens (tertiary/aromatic N) is 11. The van der Waals surface area contributed by atoms with E-state index in [4.69, 9.17) is 35.3 Å². The molecule has 15 rings (SSSR count). The summed E-state index contributed by atoms with van der Waals surface area (Å²) < 4.78 is 41.4. The van der Waals surface area contributed by atoms with Gasteiger partial charge in [0.25, 0.3) is 29.5 Å². The largest absolute Gasteiger partial charge is 0.474 e. The van der Waals surface area contributed by atoms with Crippen LogP contribution in [0.25, 0.3) is 28.6 Å². The Bertz CT molecular complexity index is 5530. The zero-order valence-electron chi connectivity index (χ0n) is 80.8. The van der Waals surface area contributed by atoms with Crippen molar-refractivity contribution in [2.24, 2.45) is 0 Å². The number of pyridine rings is 1. The summed E-state index contributed by atoms with van der Waals surface area (Å²) in [6, 6.07) is 91.7. The highest BCUT2D eigenvalue weighted by Crippen LogP contribution is 2.37. The second kappa shape index (κ2) is 51.4. The number of rotatable bonds is 35. The van der Waals surface area contributed by atoms with Gasteiger partial charge in [0.15, 0.2) is 11.6 Å². The van der Waals surface area contributed by atoms with E-state index in [1.165, 1.54) is 0 Å². The molecule has 0 spiro atoms. The van der Waals surface area contributed by atoms with E-state index in [0.29, 0.717) is 105 Å². The Morgan fingerprint density at radius 3 is 0.699 bits per heavy atom. The maximum Gasteiger partial charge on any atom is 0.268 e. The standard InChI is InChI=1S/C23H25ClN2O2.3C23H26N2O2.C22H25N3O2/c1-4-25(5-2)23(27)22(18-10-8-17(3)9-11-18)28-21-13-12-19(24)16-20(21)26-14-6-7-15-26;3*1-4-24(5-2)23(26)22(19-14-12-18(3)13-15-19)27-21-11-7-6-10-20(21)25-16-8-9-17-25;1-4-24(5-2)22(26)20(18-12-10-17(3)11-13-18)27-19-9-8-14-23-21(19)25-15-6-7-16-25/h6-16,22H,4-5H2,1-3H3;3*6-17,22H,4-5H2,1-3H3;6-16,20H,4-5H2,1-3H3. The summed E-state index contributed by atoms with van der Waals surface area (Å²) in [5.41, 5.74) is 13.5. The van der Waals surface area contributed by atoms with Crippen LogP contribution in [-0.2, 0) is 24.0 Å². The van der Waals surface area contributed by atoms with Crippen molar-refractivity contribution < 1.29 is 47.7 Å². The van der Waals surface area contributed by atoms with Crippen LogP contribution in [0.5, 0.6) is 28.7 Å². The number of aromatic nitrogens is 6. The highest BCUT2D eigenvalue weighted by atomic mass is 35.5. The van der Waals surface area contributed by atoms with E-state index in [0.717, 1.165) is 78.4 Å². The van der Waals surface area contributed by atoms with Crippen LogP contribution in [0.4, 0.5) is 0 Å². The van der Waals surface area contributed by atoms with E-state index in [1.807, 2.05) is 482 Å². The van der Waals surface area contributed by atoms with Gasteiger partial charge in [-0.2, -0.15) is 0 Å². The van der Waals surface area contributed by atoms with Crippen molar-refractivity contribution in [2.45, 2.75) is 134 Å². The Morgan fingerprint density at radius 2 is 0.456 bits per heavy atom. The number of likely N-dealkylation sites (N-methyl/N-ethyl adjacent to an activating group) is 5. The number of aryl methyl sites for hydroxylation is 5. The van der Waals surface area contributed by atoms with Crippen molar-refractivity contribution in [3.63, 3.8) is 0 Å². The average molecular weight is 1850 g/mol. The van der Waals surface area contributed by atoms with Gasteiger partial charge >= 0.3 is 0 Å². The van der Waals surface area contributed by atoms with Gasteiger partial charge in [-0.25, -0.2) is 4.98 Å². The Balaban J connectivity index is 0.000000163. The van der Waals surface area contributed by atoms with Crippen molar-refractivity contribution >= 4 is 41.1 Å². The van der Waals surface area contributed by atoms with E-state index in [2.05, 4.69) is 4.98 Å². The van der Waals surface area contributed by atoms with Crippen molar-refractivity contribution in [3.8, 4) is 57.3 Å². The highest BCUT2D eigenvalue weighted by molar-refractivity contribution is 6.30. The second-order valence-electron chi connectivity index (χ2n) is 32.4. The molecule has 15 aromatic rings. The number of amides is 5. The predicted molar refractivity (Wildman–Crippen MR) is 544 cm³/mol. The van der Waals surface area contributed by atoms with Crippen molar-refractivity contribution in [2.75, 3.05) is 65.4 Å². The summed E-state index contributed by atoms with van der Waals surface area (Å²) in [7, 11) is 0. The lowest BCUT2D eigenvalue weighted by atomic mass is 10.1. The lowest BCUT2D eigenvalue weighted by Crippen LogP contribution is -2.37. The molecule has 0 N–H and O–H groups in total. The minimum atomic E-state index is -0.726. The summed E-state index contributed by atoms with van der Waals surface area (Å²) in [6.07, 6.45) is 17.7. The van der Waals surface area contributed by atoms with Crippen LogP contribution in [-0.4, -0.2) is 147 Å².